The Labute approximate surface area is 169 Å². The van der Waals surface area contributed by atoms with Gasteiger partial charge in [-0.2, -0.15) is 5.10 Å². The highest BCUT2D eigenvalue weighted by molar-refractivity contribution is 9.10. The number of hydrogen-bond donors (Lipinski definition) is 1. The number of halogens is 1. The van der Waals surface area contributed by atoms with Gasteiger partial charge >= 0.3 is 0 Å². The Bertz CT molecular complexity index is 1120. The molecule has 0 radical (unpaired) electrons. The molecule has 7 heteroatoms. The van der Waals surface area contributed by atoms with Crippen LogP contribution in [0.25, 0.3) is 17.1 Å². The number of nitrogens with two attached hydrogens (primary N) is 1. The van der Waals surface area contributed by atoms with E-state index in [0.717, 1.165) is 15.7 Å². The fourth-order valence-corrected chi connectivity index (χ4v) is 3.04. The summed E-state index contributed by atoms with van der Waals surface area (Å²) in [5, 5.41) is 4.46. The van der Waals surface area contributed by atoms with Gasteiger partial charge in [0.2, 0.25) is 5.91 Å². The maximum Gasteiger partial charge on any atom is 0.248 e. The second-order valence-electron chi connectivity index (χ2n) is 5.96. The third-order valence-electron chi connectivity index (χ3n) is 4.07. The van der Waals surface area contributed by atoms with Crippen molar-refractivity contribution >= 4 is 21.8 Å². The van der Waals surface area contributed by atoms with E-state index in [-0.39, 0.29) is 0 Å². The molecule has 0 unspecified atom stereocenters. The van der Waals surface area contributed by atoms with Crippen molar-refractivity contribution in [1.29, 1.82) is 0 Å². The van der Waals surface area contributed by atoms with Crippen LogP contribution in [-0.4, -0.2) is 20.7 Å². The molecule has 0 fully saturated rings. The summed E-state index contributed by atoms with van der Waals surface area (Å²) in [5.41, 5.74) is 7.40. The van der Waals surface area contributed by atoms with Crippen LogP contribution in [0, 0.1) is 0 Å². The first-order valence-corrected chi connectivity index (χ1v) is 9.24. The van der Waals surface area contributed by atoms with E-state index in [4.69, 9.17) is 10.5 Å². The monoisotopic (exact) mass is 434 g/mol. The molecule has 2 heterocycles. The van der Waals surface area contributed by atoms with E-state index in [1.54, 1.807) is 41.3 Å². The molecule has 0 aliphatic carbocycles. The summed E-state index contributed by atoms with van der Waals surface area (Å²) < 4.78 is 8.74. The number of hydrogen-bond acceptors (Lipinski definition) is 4. The Morgan fingerprint density at radius 1 is 1.04 bits per heavy atom. The number of carbonyl (C=O) groups is 1. The van der Waals surface area contributed by atoms with Crippen LogP contribution in [0.3, 0.4) is 0 Å². The lowest BCUT2D eigenvalue weighted by Crippen LogP contribution is -2.10. The van der Waals surface area contributed by atoms with Crippen LogP contribution in [0.1, 0.15) is 10.4 Å². The van der Waals surface area contributed by atoms with Gasteiger partial charge in [0.1, 0.15) is 11.4 Å². The second-order valence-corrected chi connectivity index (χ2v) is 6.87. The molecule has 0 aliphatic rings. The number of rotatable bonds is 5. The summed E-state index contributed by atoms with van der Waals surface area (Å²) in [6.45, 7) is 0. The third kappa shape index (κ3) is 3.65. The molecular formula is C21H15BrN4O2. The second kappa shape index (κ2) is 7.66. The Balaban J connectivity index is 1.81. The van der Waals surface area contributed by atoms with Gasteiger partial charge in [-0.05, 0) is 42.5 Å². The highest BCUT2D eigenvalue weighted by atomic mass is 79.9. The Morgan fingerprint density at radius 3 is 2.57 bits per heavy atom. The van der Waals surface area contributed by atoms with Crippen LogP contribution in [0.4, 0.5) is 0 Å². The number of pyridine rings is 1. The van der Waals surface area contributed by atoms with Crippen molar-refractivity contribution in [3.63, 3.8) is 0 Å². The third-order valence-corrected chi connectivity index (χ3v) is 4.59. The van der Waals surface area contributed by atoms with Crippen LogP contribution >= 0.6 is 15.9 Å². The first-order chi connectivity index (χ1) is 13.6. The number of nitrogens with zero attached hydrogens (tertiary/aromatic N) is 3. The summed E-state index contributed by atoms with van der Waals surface area (Å²) in [5.74, 6) is 1.19. The van der Waals surface area contributed by atoms with Crippen molar-refractivity contribution in [3.05, 3.63) is 89.2 Å². The van der Waals surface area contributed by atoms with Gasteiger partial charge in [-0.1, -0.05) is 40.2 Å². The zero-order chi connectivity index (χ0) is 19.5. The van der Waals surface area contributed by atoms with Gasteiger partial charge in [0.05, 0.1) is 6.20 Å². The molecule has 0 saturated carbocycles. The molecular weight excluding hydrogens is 420 g/mol. The Hall–Kier alpha value is -3.45. The normalized spacial score (nSPS) is 10.6. The molecule has 0 atom stereocenters. The van der Waals surface area contributed by atoms with Gasteiger partial charge in [-0.25, -0.2) is 9.67 Å². The zero-order valence-corrected chi connectivity index (χ0v) is 16.2. The Morgan fingerprint density at radius 2 is 1.86 bits per heavy atom. The predicted molar refractivity (Wildman–Crippen MR) is 110 cm³/mol. The largest absolute Gasteiger partial charge is 0.453 e. The number of benzene rings is 2. The maximum atomic E-state index is 11.5. The van der Waals surface area contributed by atoms with Gasteiger partial charge in [-0.15, -0.1) is 0 Å². The molecule has 0 aliphatic heterocycles. The zero-order valence-electron chi connectivity index (χ0n) is 14.6. The molecule has 1 amide bonds. The van der Waals surface area contributed by atoms with E-state index in [9.17, 15) is 4.79 Å². The number of ether oxygens (including phenoxy) is 1. The summed E-state index contributed by atoms with van der Waals surface area (Å²) >= 11 is 3.46. The first kappa shape index (κ1) is 17.9. The van der Waals surface area contributed by atoms with E-state index in [1.165, 1.54) is 0 Å². The highest BCUT2D eigenvalue weighted by Gasteiger charge is 2.17. The minimum atomic E-state index is -0.511. The molecule has 0 spiro atoms. The lowest BCUT2D eigenvalue weighted by atomic mass is 10.1. The smallest absolute Gasteiger partial charge is 0.248 e. The molecule has 0 bridgehead atoms. The SMILES string of the molecule is NC(=O)c1cccc(Oc2cnn(-c3ccccn3)c2-c2ccc(Br)cc2)c1. The van der Waals surface area contributed by atoms with Crippen molar-refractivity contribution < 1.29 is 9.53 Å². The van der Waals surface area contributed by atoms with Gasteiger partial charge in [0, 0.05) is 21.8 Å². The van der Waals surface area contributed by atoms with Crippen molar-refractivity contribution in [2.75, 3.05) is 0 Å². The van der Waals surface area contributed by atoms with Crippen LogP contribution in [0.2, 0.25) is 0 Å². The van der Waals surface area contributed by atoms with E-state index in [1.807, 2.05) is 42.5 Å². The molecule has 4 rings (SSSR count). The van der Waals surface area contributed by atoms with E-state index >= 15 is 0 Å². The molecule has 2 aromatic carbocycles. The average Bonchev–Trinajstić information content (AvgIpc) is 3.13. The van der Waals surface area contributed by atoms with Crippen LogP contribution in [0.15, 0.2) is 83.6 Å². The summed E-state index contributed by atoms with van der Waals surface area (Å²) in [6, 6.07) is 20.2. The molecule has 28 heavy (non-hydrogen) atoms. The minimum absolute atomic E-state index is 0.375. The van der Waals surface area contributed by atoms with E-state index in [0.29, 0.717) is 22.9 Å². The standard InChI is InChI=1S/C21H15BrN4O2/c22-16-9-7-14(8-10-16)20-18(13-25-26(20)19-6-1-2-11-24-19)28-17-5-3-4-15(12-17)21(23)27/h1-13H,(H2,23,27). The number of aromatic nitrogens is 3. The maximum absolute atomic E-state index is 11.5. The summed E-state index contributed by atoms with van der Waals surface area (Å²) in [4.78, 5) is 15.8. The predicted octanol–water partition coefficient (Wildman–Crippen LogP) is 4.59. The molecule has 138 valence electrons. The van der Waals surface area contributed by atoms with Crippen molar-refractivity contribution in [1.82, 2.24) is 14.8 Å². The van der Waals surface area contributed by atoms with Crippen molar-refractivity contribution in [2.24, 2.45) is 5.73 Å². The first-order valence-electron chi connectivity index (χ1n) is 8.45. The minimum Gasteiger partial charge on any atom is -0.453 e. The van der Waals surface area contributed by atoms with Crippen LogP contribution in [0.5, 0.6) is 11.5 Å². The van der Waals surface area contributed by atoms with Gasteiger partial charge in [-0.3, -0.25) is 4.79 Å². The quantitative estimate of drug-likeness (QED) is 0.497. The molecule has 0 saturated heterocycles. The molecule has 4 aromatic rings. The van der Waals surface area contributed by atoms with Gasteiger partial charge < -0.3 is 10.5 Å². The van der Waals surface area contributed by atoms with Crippen molar-refractivity contribution in [2.45, 2.75) is 0 Å². The fourth-order valence-electron chi connectivity index (χ4n) is 2.77. The Kier molecular flexibility index (Phi) is 4.90. The fraction of sp³-hybridized carbons (Fsp3) is 0. The van der Waals surface area contributed by atoms with E-state index < -0.39 is 5.91 Å². The number of carbonyl (C=O) groups excluding carboxylic acids is 1. The number of amides is 1. The molecule has 2 N–H and O–H groups in total. The van der Waals surface area contributed by atoms with Gasteiger partial charge in [0.15, 0.2) is 11.6 Å². The van der Waals surface area contributed by atoms with Crippen molar-refractivity contribution in [3.8, 4) is 28.6 Å². The topological polar surface area (TPSA) is 83.0 Å². The lowest BCUT2D eigenvalue weighted by molar-refractivity contribution is 0.1000. The number of primary amides is 1. The molecule has 2 aromatic heterocycles. The van der Waals surface area contributed by atoms with E-state index in [2.05, 4.69) is 26.0 Å². The van der Waals surface area contributed by atoms with Crippen LogP contribution < -0.4 is 10.5 Å². The average molecular weight is 435 g/mol. The lowest BCUT2D eigenvalue weighted by Gasteiger charge is -2.11. The van der Waals surface area contributed by atoms with Gasteiger partial charge in [0.25, 0.3) is 0 Å². The summed E-state index contributed by atoms with van der Waals surface area (Å²) in [6.07, 6.45) is 3.34. The summed E-state index contributed by atoms with van der Waals surface area (Å²) in [7, 11) is 0. The van der Waals surface area contributed by atoms with Crippen LogP contribution in [-0.2, 0) is 0 Å². The highest BCUT2D eigenvalue weighted by Crippen LogP contribution is 2.35. The molecule has 6 nitrogen and oxygen atoms in total.